The lowest BCUT2D eigenvalue weighted by molar-refractivity contribution is 0.257. The third-order valence-electron chi connectivity index (χ3n) is 1.05. The maximum absolute atomic E-state index is 7.83. The lowest BCUT2D eigenvalue weighted by Crippen LogP contribution is -2.01. The molecule has 3 heteroatoms. The van der Waals surface area contributed by atoms with E-state index in [1.54, 1.807) is 0 Å². The van der Waals surface area contributed by atoms with Gasteiger partial charge in [0, 0.05) is 15.3 Å². The summed E-state index contributed by atoms with van der Waals surface area (Å²) in [4.78, 5) is 3.45. The van der Waals surface area contributed by atoms with E-state index < -0.39 is 62.4 Å². The van der Waals surface area contributed by atoms with Gasteiger partial charge in [-0.1, -0.05) is 6.85 Å². The van der Waals surface area contributed by atoms with Crippen molar-refractivity contribution in [2.45, 2.75) is 26.7 Å². The number of aliphatic hydroxyl groups is 1. The topological polar surface area (TPSA) is 42.4 Å². The molecule has 13 heavy (non-hydrogen) atoms. The van der Waals surface area contributed by atoms with Gasteiger partial charge in [-0.2, -0.15) is 0 Å². The zero-order valence-corrected chi connectivity index (χ0v) is 6.34. The van der Waals surface area contributed by atoms with Crippen LogP contribution in [0.1, 0.15) is 42.4 Å². The second kappa shape index (κ2) is 4.82. The molecule has 1 heterocycles. The SMILES string of the molecule is [2H]OC([2H])([2H])c1nc(C([2H])[2H])c([2H])c([2H])c1OC([2H])([2H])C([2H])([2H])C([2H])([2H])[2H]. The van der Waals surface area contributed by atoms with E-state index in [-0.39, 0.29) is 0 Å². The van der Waals surface area contributed by atoms with E-state index >= 15 is 0 Å². The van der Waals surface area contributed by atoms with E-state index in [2.05, 4.69) is 14.8 Å². The van der Waals surface area contributed by atoms with Crippen molar-refractivity contribution in [3.05, 3.63) is 23.5 Å². The third kappa shape index (κ3) is 2.70. The summed E-state index contributed by atoms with van der Waals surface area (Å²) in [5.41, 5.74) is -1.83. The van der Waals surface area contributed by atoms with Gasteiger partial charge in [0.1, 0.15) is 11.4 Å². The lowest BCUT2D eigenvalue weighted by atomic mass is 10.3. The number of pyridine rings is 1. The fourth-order valence-electron chi connectivity index (χ4n) is 0.599. The molecule has 0 atom stereocenters. The highest BCUT2D eigenvalue weighted by Gasteiger charge is 2.03. The summed E-state index contributed by atoms with van der Waals surface area (Å²) in [6, 6.07) is -1.99. The molecule has 1 aromatic heterocycles. The minimum atomic E-state index is -3.64. The van der Waals surface area contributed by atoms with Gasteiger partial charge in [-0.05, 0) is 25.3 Å². The van der Waals surface area contributed by atoms with Crippen molar-refractivity contribution in [2.75, 3.05) is 6.56 Å². The summed E-state index contributed by atoms with van der Waals surface area (Å²) in [6.45, 7) is -12.3. The number of aromatic nitrogens is 1. The summed E-state index contributed by atoms with van der Waals surface area (Å²) in [5.74, 6) is -1.18. The van der Waals surface area contributed by atoms with Crippen LogP contribution in [0.4, 0.5) is 0 Å². The van der Waals surface area contributed by atoms with Crippen molar-refractivity contribution in [3.8, 4) is 5.75 Å². The van der Waals surface area contributed by atoms with E-state index in [0.717, 1.165) is 0 Å². The quantitative estimate of drug-likeness (QED) is 0.777. The van der Waals surface area contributed by atoms with Gasteiger partial charge in [-0.25, -0.2) is 0 Å². The molecule has 1 aromatic rings. The monoisotopic (exact) mass is 195 g/mol. The molecule has 0 unspecified atom stereocenters. The first-order chi connectivity index (χ1) is 11.9. The molecule has 0 amide bonds. The molecule has 0 bridgehead atoms. The van der Waals surface area contributed by atoms with Gasteiger partial charge in [-0.3, -0.25) is 4.98 Å². The summed E-state index contributed by atoms with van der Waals surface area (Å²) in [6.07, 6.45) is -3.62. The van der Waals surface area contributed by atoms with E-state index in [9.17, 15) is 0 Å². The first-order valence-corrected chi connectivity index (χ1v) is 3.10. The van der Waals surface area contributed by atoms with Gasteiger partial charge < -0.3 is 9.85 Å². The van der Waals surface area contributed by atoms with Gasteiger partial charge >= 0.3 is 0 Å². The largest absolute Gasteiger partial charge is 0.492 e. The maximum Gasteiger partial charge on any atom is 0.211 e. The number of nitrogens with zero attached hydrogens (tertiary/aromatic N) is 1. The zero-order valence-electron chi connectivity index (χ0n) is 20.3. The molecule has 0 spiro atoms. The van der Waals surface area contributed by atoms with Gasteiger partial charge in [0.2, 0.25) is 1.43 Å². The van der Waals surface area contributed by atoms with Crippen LogP contribution in [0.25, 0.3) is 0 Å². The minimum absolute atomic E-state index is 0.720. The van der Waals surface area contributed by atoms with Crippen LogP contribution in [0.15, 0.2) is 12.1 Å². The van der Waals surface area contributed by atoms with Crippen LogP contribution in [0, 0.1) is 6.88 Å². The van der Waals surface area contributed by atoms with E-state index in [1.165, 1.54) is 0 Å². The highest BCUT2D eigenvalue weighted by molar-refractivity contribution is 5.28. The Labute approximate surface area is 98.1 Å². The second-order valence-electron chi connectivity index (χ2n) is 1.86. The van der Waals surface area contributed by atoms with Crippen molar-refractivity contribution in [2.24, 2.45) is 0 Å². The van der Waals surface area contributed by atoms with Gasteiger partial charge in [0.25, 0.3) is 0 Å². The molecular formula is C10H15NO2. The molecular weight excluding hydrogens is 166 g/mol. The van der Waals surface area contributed by atoms with E-state index in [1.807, 2.05) is 0 Å². The van der Waals surface area contributed by atoms with Gasteiger partial charge in [0.05, 0.1) is 21.3 Å². The fourth-order valence-corrected chi connectivity index (χ4v) is 0.599. The number of ether oxygens (including phenoxy) is 1. The van der Waals surface area contributed by atoms with Crippen molar-refractivity contribution in [1.29, 1.82) is 1.43 Å². The molecule has 0 fully saturated rings. The fraction of sp³-hybridized carbons (Fsp3) is 0.500. The predicted molar refractivity (Wildman–Crippen MR) is 50.7 cm³/mol. The lowest BCUT2D eigenvalue weighted by Gasteiger charge is -2.08. The first kappa shape index (κ1) is 2.11. The Morgan fingerprint density at radius 3 is 3.62 bits per heavy atom. The highest BCUT2D eigenvalue weighted by Crippen LogP contribution is 2.16. The number of rotatable bonds is 5. The predicted octanol–water partition coefficient (Wildman–Crippen LogP) is 1.67. The average molecular weight is 195 g/mol. The summed E-state index contributed by atoms with van der Waals surface area (Å²) in [7, 11) is 0. The molecule has 0 aliphatic heterocycles. The summed E-state index contributed by atoms with van der Waals surface area (Å²) in [5, 5.41) is 3.81. The van der Waals surface area contributed by atoms with Crippen molar-refractivity contribution >= 4 is 0 Å². The summed E-state index contributed by atoms with van der Waals surface area (Å²) >= 11 is 0. The van der Waals surface area contributed by atoms with Gasteiger partial charge in [0.15, 0.2) is 0 Å². The molecule has 1 rings (SSSR count). The molecule has 3 nitrogen and oxygen atoms in total. The molecule has 0 aliphatic rings. The van der Waals surface area contributed by atoms with Crippen molar-refractivity contribution < 1.29 is 27.7 Å². The molecule has 0 aliphatic carbocycles. The number of hydrogen-bond donors (Lipinski definition) is 1. The van der Waals surface area contributed by atoms with Crippen LogP contribution < -0.4 is 4.74 Å². The average Bonchev–Trinajstić information content (AvgIpc) is 2.50. The van der Waals surface area contributed by atoms with E-state index in [0.29, 0.717) is 0 Å². The van der Waals surface area contributed by atoms with E-state index in [4.69, 9.17) is 19.3 Å². The minimum Gasteiger partial charge on any atom is -0.492 e. The Morgan fingerprint density at radius 2 is 2.85 bits per heavy atom. The summed E-state index contributed by atoms with van der Waals surface area (Å²) < 4.78 is 108. The van der Waals surface area contributed by atoms with Crippen LogP contribution in [-0.2, 0) is 6.56 Å². The number of hydrogen-bond acceptors (Lipinski definition) is 3. The molecule has 0 saturated heterocycles. The Kier molecular flexibility index (Phi) is 0.783. The Morgan fingerprint density at radius 1 is 1.85 bits per heavy atom. The van der Waals surface area contributed by atoms with Crippen LogP contribution >= 0.6 is 0 Å². The normalized spacial score (nSPS) is 30.2. The highest BCUT2D eigenvalue weighted by atomic mass is 16.5. The molecule has 0 radical (unpaired) electrons. The smallest absolute Gasteiger partial charge is 0.211 e. The van der Waals surface area contributed by atoms with Crippen LogP contribution in [0.3, 0.4) is 0 Å². The van der Waals surface area contributed by atoms with Crippen molar-refractivity contribution in [3.63, 3.8) is 0 Å². The molecule has 1 N–H and O–H groups in total. The zero-order chi connectivity index (χ0) is 21.6. The maximum atomic E-state index is 7.83. The van der Waals surface area contributed by atoms with Crippen molar-refractivity contribution in [1.82, 2.24) is 4.98 Å². The van der Waals surface area contributed by atoms with Gasteiger partial charge in [-0.15, -0.1) is 0 Å². The standard InChI is InChI=1S/C10H15NO2/c1-3-6-13-10-5-4-8(2)11-9(10)7-12/h4-5,12H,3,6-7H2,1-2H3/i1D3,2D2,3D2,4D,5D,6D2,7D2,12D. The molecule has 0 aromatic carbocycles. The Bertz CT molecular complexity index is 700. The third-order valence-corrected chi connectivity index (χ3v) is 1.05. The first-order valence-electron chi connectivity index (χ1n) is 10.2. The van der Waals surface area contributed by atoms with Crippen LogP contribution in [0.5, 0.6) is 5.75 Å². The second-order valence-corrected chi connectivity index (χ2v) is 1.86. The number of aryl methyl sites for hydroxylation is 1. The Balaban J connectivity index is 3.71. The van der Waals surface area contributed by atoms with Crippen LogP contribution in [-0.4, -0.2) is 18.1 Å². The Hall–Kier alpha value is -1.09. The molecule has 0 saturated carbocycles. The van der Waals surface area contributed by atoms with Crippen LogP contribution in [0.2, 0.25) is 0 Å². The molecule has 72 valence electrons.